The number of esters is 1. The number of anilines is 1. The number of pyridine rings is 1. The highest BCUT2D eigenvalue weighted by Gasteiger charge is 2.24. The van der Waals surface area contributed by atoms with Crippen LogP contribution in [0.25, 0.3) is 11.0 Å². The molecule has 0 saturated heterocycles. The summed E-state index contributed by atoms with van der Waals surface area (Å²) in [5.74, 6) is -3.11. The fourth-order valence-electron chi connectivity index (χ4n) is 2.98. The van der Waals surface area contributed by atoms with E-state index in [0.717, 1.165) is 12.1 Å². The molecule has 0 saturated carbocycles. The first-order chi connectivity index (χ1) is 14.6. The number of hydrogen-bond donors (Lipinski definition) is 1. The van der Waals surface area contributed by atoms with E-state index >= 15 is 0 Å². The van der Waals surface area contributed by atoms with Crippen molar-refractivity contribution in [2.75, 3.05) is 5.32 Å². The second-order valence-corrected chi connectivity index (χ2v) is 7.83. The lowest BCUT2D eigenvalue weighted by Crippen LogP contribution is -2.30. The maximum Gasteiger partial charge on any atom is 0.339 e. The summed E-state index contributed by atoms with van der Waals surface area (Å²) >= 11 is 0. The quantitative estimate of drug-likeness (QED) is 0.578. The largest absolute Gasteiger partial charge is 0.449 e. The monoisotopic (exact) mass is 430 g/mol. The van der Waals surface area contributed by atoms with Crippen LogP contribution in [0.15, 0.2) is 30.5 Å². The van der Waals surface area contributed by atoms with Gasteiger partial charge in [0.2, 0.25) is 0 Å². The normalized spacial score (nSPS) is 12.4. The number of halogens is 2. The first-order valence-electron chi connectivity index (χ1n) is 9.93. The Kier molecular flexibility index (Phi) is 6.33. The minimum atomic E-state index is -1.22. The number of carbonyl (C=O) groups is 2. The van der Waals surface area contributed by atoms with Crippen LogP contribution in [0.3, 0.4) is 0 Å². The number of aromatic nitrogens is 3. The van der Waals surface area contributed by atoms with Crippen molar-refractivity contribution in [3.63, 3.8) is 0 Å². The molecule has 164 valence electrons. The van der Waals surface area contributed by atoms with E-state index in [-0.39, 0.29) is 23.2 Å². The highest BCUT2D eigenvalue weighted by atomic mass is 19.1. The van der Waals surface area contributed by atoms with Gasteiger partial charge in [0.15, 0.2) is 11.8 Å². The van der Waals surface area contributed by atoms with Gasteiger partial charge in [-0.1, -0.05) is 13.8 Å². The molecular formula is C22H24F2N4O3. The molecule has 2 aromatic heterocycles. The molecule has 3 rings (SSSR count). The number of ether oxygens (including phenoxy) is 1. The third kappa shape index (κ3) is 4.70. The van der Waals surface area contributed by atoms with E-state index in [1.165, 1.54) is 6.92 Å². The molecule has 0 aliphatic rings. The van der Waals surface area contributed by atoms with Crippen molar-refractivity contribution in [2.24, 2.45) is 0 Å². The number of hydrogen-bond acceptors (Lipinski definition) is 5. The fraction of sp³-hybridized carbons (Fsp3) is 0.364. The topological polar surface area (TPSA) is 86.1 Å². The smallest absolute Gasteiger partial charge is 0.339 e. The molecule has 2 heterocycles. The van der Waals surface area contributed by atoms with Crippen molar-refractivity contribution in [3.05, 3.63) is 53.4 Å². The van der Waals surface area contributed by atoms with Crippen LogP contribution in [0.4, 0.5) is 14.5 Å². The average molecular weight is 430 g/mol. The molecule has 0 aliphatic heterocycles. The summed E-state index contributed by atoms with van der Waals surface area (Å²) in [5.41, 5.74) is 1.28. The van der Waals surface area contributed by atoms with Crippen molar-refractivity contribution in [1.29, 1.82) is 0 Å². The summed E-state index contributed by atoms with van der Waals surface area (Å²) in [5, 5.41) is 7.13. The molecule has 31 heavy (non-hydrogen) atoms. The van der Waals surface area contributed by atoms with Gasteiger partial charge in [0, 0.05) is 17.8 Å². The van der Waals surface area contributed by atoms with E-state index < -0.39 is 29.6 Å². The zero-order valence-electron chi connectivity index (χ0n) is 17.9. The molecule has 1 amide bonds. The van der Waals surface area contributed by atoms with Gasteiger partial charge in [0.1, 0.15) is 11.6 Å². The van der Waals surface area contributed by atoms with Crippen molar-refractivity contribution < 1.29 is 23.1 Å². The Labute approximate surface area is 178 Å². The van der Waals surface area contributed by atoms with Gasteiger partial charge in [-0.2, -0.15) is 5.10 Å². The summed E-state index contributed by atoms with van der Waals surface area (Å²) in [6.07, 6.45) is 0.324. The molecule has 0 bridgehead atoms. The molecule has 0 fully saturated rings. The molecule has 0 radical (unpaired) electrons. The van der Waals surface area contributed by atoms with Gasteiger partial charge in [-0.05, 0) is 44.9 Å². The van der Waals surface area contributed by atoms with Crippen LogP contribution in [-0.2, 0) is 9.53 Å². The Morgan fingerprint density at radius 3 is 2.42 bits per heavy atom. The molecule has 3 aromatic rings. The van der Waals surface area contributed by atoms with Gasteiger partial charge in [-0.3, -0.25) is 4.79 Å². The lowest BCUT2D eigenvalue weighted by atomic mass is 10.1. The molecular weight excluding hydrogens is 406 g/mol. The van der Waals surface area contributed by atoms with Crippen LogP contribution in [0, 0.1) is 11.6 Å². The number of benzene rings is 1. The Bertz CT molecular complexity index is 1140. The third-order valence-electron chi connectivity index (χ3n) is 4.73. The second-order valence-electron chi connectivity index (χ2n) is 7.83. The first-order valence-corrected chi connectivity index (χ1v) is 9.93. The molecule has 1 unspecified atom stereocenters. The van der Waals surface area contributed by atoms with Gasteiger partial charge in [0.25, 0.3) is 5.91 Å². The van der Waals surface area contributed by atoms with Crippen molar-refractivity contribution in [2.45, 2.75) is 52.7 Å². The van der Waals surface area contributed by atoms with E-state index in [9.17, 15) is 18.4 Å². The molecule has 0 spiro atoms. The molecule has 1 N–H and O–H groups in total. The van der Waals surface area contributed by atoms with Gasteiger partial charge in [-0.25, -0.2) is 23.2 Å². The summed E-state index contributed by atoms with van der Waals surface area (Å²) < 4.78 is 33.9. The van der Waals surface area contributed by atoms with E-state index in [2.05, 4.69) is 15.4 Å². The molecule has 1 aromatic carbocycles. The van der Waals surface area contributed by atoms with E-state index in [4.69, 9.17) is 4.74 Å². The Morgan fingerprint density at radius 2 is 1.81 bits per heavy atom. The fourth-order valence-corrected chi connectivity index (χ4v) is 2.98. The maximum atomic E-state index is 13.8. The first kappa shape index (κ1) is 22.3. The van der Waals surface area contributed by atoms with Gasteiger partial charge in [-0.15, -0.1) is 0 Å². The number of nitrogens with one attached hydrogen (secondary N) is 1. The maximum absolute atomic E-state index is 13.8. The number of nitrogens with zero attached hydrogens (tertiary/aromatic N) is 3. The van der Waals surface area contributed by atoms with Gasteiger partial charge in [0.05, 0.1) is 22.8 Å². The SMILES string of the molecule is CC(OC(=O)c1cc(C(C)C)nc2c1cnn2C(C)C)C(=O)Nc1ccc(F)cc1F. The number of fused-ring (bicyclic) bond motifs is 1. The Balaban J connectivity index is 1.85. The number of carbonyl (C=O) groups excluding carboxylic acids is 2. The van der Waals surface area contributed by atoms with Crippen molar-refractivity contribution >= 4 is 28.6 Å². The lowest BCUT2D eigenvalue weighted by Gasteiger charge is -2.15. The number of amides is 1. The van der Waals surface area contributed by atoms with Crippen molar-refractivity contribution in [1.82, 2.24) is 14.8 Å². The molecule has 1 atom stereocenters. The predicted molar refractivity (Wildman–Crippen MR) is 112 cm³/mol. The Hall–Kier alpha value is -3.36. The van der Waals surface area contributed by atoms with Crippen LogP contribution in [0.1, 0.15) is 62.6 Å². The predicted octanol–water partition coefficient (Wildman–Crippen LogP) is 4.60. The summed E-state index contributed by atoms with van der Waals surface area (Å²) in [4.78, 5) is 29.9. The van der Waals surface area contributed by atoms with Crippen LogP contribution >= 0.6 is 0 Å². The Morgan fingerprint density at radius 1 is 1.10 bits per heavy atom. The van der Waals surface area contributed by atoms with Crippen LogP contribution in [0.5, 0.6) is 0 Å². The highest BCUT2D eigenvalue weighted by Crippen LogP contribution is 2.25. The highest BCUT2D eigenvalue weighted by molar-refractivity contribution is 6.04. The second kappa shape index (κ2) is 8.79. The zero-order valence-corrected chi connectivity index (χ0v) is 17.9. The summed E-state index contributed by atoms with van der Waals surface area (Å²) in [6.45, 7) is 9.18. The molecule has 9 heteroatoms. The third-order valence-corrected chi connectivity index (χ3v) is 4.73. The molecule has 7 nitrogen and oxygen atoms in total. The minimum Gasteiger partial charge on any atom is -0.449 e. The van der Waals surface area contributed by atoms with Crippen LogP contribution in [0.2, 0.25) is 0 Å². The molecule has 0 aliphatic carbocycles. The van der Waals surface area contributed by atoms with Gasteiger partial charge >= 0.3 is 5.97 Å². The van der Waals surface area contributed by atoms with Gasteiger partial charge < -0.3 is 10.1 Å². The van der Waals surface area contributed by atoms with E-state index in [1.807, 2.05) is 27.7 Å². The van der Waals surface area contributed by atoms with Crippen molar-refractivity contribution in [3.8, 4) is 0 Å². The lowest BCUT2D eigenvalue weighted by molar-refractivity contribution is -0.123. The summed E-state index contributed by atoms with van der Waals surface area (Å²) in [6, 6.07) is 4.43. The van der Waals surface area contributed by atoms with E-state index in [0.29, 0.717) is 22.8 Å². The zero-order chi connectivity index (χ0) is 22.9. The van der Waals surface area contributed by atoms with Crippen LogP contribution < -0.4 is 5.32 Å². The van der Waals surface area contributed by atoms with Crippen LogP contribution in [-0.4, -0.2) is 32.7 Å². The van der Waals surface area contributed by atoms with E-state index in [1.54, 1.807) is 16.9 Å². The number of rotatable bonds is 6. The summed E-state index contributed by atoms with van der Waals surface area (Å²) in [7, 11) is 0. The average Bonchev–Trinajstić information content (AvgIpc) is 3.13. The standard InChI is InChI=1S/C22H24F2N4O3/c1-11(2)19-9-15(16-10-25-28(12(3)4)20(16)26-19)22(30)31-13(5)21(29)27-18-7-6-14(23)8-17(18)24/h6-13H,1-5H3,(H,27,29). The minimum absolute atomic E-state index is 0.0339.